The van der Waals surface area contributed by atoms with Gasteiger partial charge < -0.3 is 15.7 Å². The fourth-order valence-electron chi connectivity index (χ4n) is 1.64. The van der Waals surface area contributed by atoms with Gasteiger partial charge in [0.2, 0.25) is 0 Å². The Kier molecular flexibility index (Phi) is 4.05. The topological polar surface area (TPSA) is 92.1 Å². The van der Waals surface area contributed by atoms with Gasteiger partial charge in [0.15, 0.2) is 5.13 Å². The number of hydrogen-bond donors (Lipinski definition) is 3. The normalized spacial score (nSPS) is 13.8. The lowest BCUT2D eigenvalue weighted by molar-refractivity contribution is 0.0524. The van der Waals surface area contributed by atoms with Crippen molar-refractivity contribution < 1.29 is 9.90 Å². The third kappa shape index (κ3) is 3.14. The van der Waals surface area contributed by atoms with Crippen LogP contribution < -0.4 is 10.6 Å². The van der Waals surface area contributed by atoms with Gasteiger partial charge in [-0.3, -0.25) is 9.48 Å². The molecule has 108 valence electrons. The van der Waals surface area contributed by atoms with Crippen molar-refractivity contribution in [2.24, 2.45) is 7.05 Å². The molecule has 0 fully saturated rings. The predicted octanol–water partition coefficient (Wildman–Crippen LogP) is 0.556. The van der Waals surface area contributed by atoms with Crippen LogP contribution in [0.1, 0.15) is 23.0 Å². The zero-order valence-electron chi connectivity index (χ0n) is 11.5. The summed E-state index contributed by atoms with van der Waals surface area (Å²) in [7, 11) is 3.51. The van der Waals surface area contributed by atoms with Gasteiger partial charge in [-0.05, 0) is 6.92 Å². The molecule has 0 aliphatic carbocycles. The van der Waals surface area contributed by atoms with E-state index < -0.39 is 5.60 Å². The monoisotopic (exact) mass is 295 g/mol. The second-order valence-electron chi connectivity index (χ2n) is 4.65. The molecule has 0 aliphatic rings. The summed E-state index contributed by atoms with van der Waals surface area (Å²) in [4.78, 5) is 16.0. The summed E-state index contributed by atoms with van der Waals surface area (Å²) in [6.07, 6.45) is 3.29. The Hall–Kier alpha value is -1.93. The molecule has 0 bridgehead atoms. The smallest absolute Gasteiger partial charge is 0.270 e. The maximum atomic E-state index is 11.9. The van der Waals surface area contributed by atoms with Crippen molar-refractivity contribution in [2.45, 2.75) is 12.5 Å². The highest BCUT2D eigenvalue weighted by Crippen LogP contribution is 2.19. The number of rotatable bonds is 5. The van der Waals surface area contributed by atoms with Gasteiger partial charge in [-0.25, -0.2) is 4.98 Å². The SMILES string of the molecule is CNc1nc(C(=O)NCC(C)(O)c2cnn(C)c2)cs1. The van der Waals surface area contributed by atoms with E-state index in [0.717, 1.165) is 0 Å². The minimum absolute atomic E-state index is 0.0872. The van der Waals surface area contributed by atoms with Crippen LogP contribution in [0.3, 0.4) is 0 Å². The highest BCUT2D eigenvalue weighted by molar-refractivity contribution is 7.13. The van der Waals surface area contributed by atoms with E-state index in [1.165, 1.54) is 11.3 Å². The van der Waals surface area contributed by atoms with Crippen LogP contribution in [0.5, 0.6) is 0 Å². The summed E-state index contributed by atoms with van der Waals surface area (Å²) in [5.74, 6) is -0.313. The van der Waals surface area contributed by atoms with Crippen molar-refractivity contribution in [1.82, 2.24) is 20.1 Å². The van der Waals surface area contributed by atoms with Crippen molar-refractivity contribution in [2.75, 3.05) is 18.9 Å². The molecule has 0 radical (unpaired) electrons. The minimum atomic E-state index is -1.17. The first-order valence-corrected chi connectivity index (χ1v) is 6.93. The third-order valence-electron chi connectivity index (χ3n) is 2.87. The van der Waals surface area contributed by atoms with Crippen LogP contribution in [-0.2, 0) is 12.6 Å². The fourth-order valence-corrected chi connectivity index (χ4v) is 2.29. The minimum Gasteiger partial charge on any atom is -0.383 e. The quantitative estimate of drug-likeness (QED) is 0.749. The van der Waals surface area contributed by atoms with Crippen LogP contribution in [0.4, 0.5) is 5.13 Å². The molecule has 0 aliphatic heterocycles. The Morgan fingerprint density at radius 2 is 2.35 bits per heavy atom. The van der Waals surface area contributed by atoms with E-state index in [-0.39, 0.29) is 12.5 Å². The van der Waals surface area contributed by atoms with E-state index in [0.29, 0.717) is 16.4 Å². The van der Waals surface area contributed by atoms with Crippen LogP contribution in [0.25, 0.3) is 0 Å². The largest absolute Gasteiger partial charge is 0.383 e. The van der Waals surface area contributed by atoms with Gasteiger partial charge in [0, 0.05) is 31.2 Å². The molecule has 7 nitrogen and oxygen atoms in total. The first-order chi connectivity index (χ1) is 9.42. The lowest BCUT2D eigenvalue weighted by Gasteiger charge is -2.21. The molecule has 0 spiro atoms. The van der Waals surface area contributed by atoms with Gasteiger partial charge >= 0.3 is 0 Å². The molecule has 2 heterocycles. The van der Waals surface area contributed by atoms with E-state index in [1.54, 1.807) is 43.5 Å². The van der Waals surface area contributed by atoms with Crippen LogP contribution in [0, 0.1) is 0 Å². The molecule has 1 atom stereocenters. The van der Waals surface area contributed by atoms with E-state index in [1.807, 2.05) is 0 Å². The molecule has 0 aromatic carbocycles. The molecule has 2 rings (SSSR count). The van der Waals surface area contributed by atoms with Crippen LogP contribution in [0.2, 0.25) is 0 Å². The molecule has 0 saturated carbocycles. The maximum Gasteiger partial charge on any atom is 0.270 e. The molecule has 8 heteroatoms. The Bertz CT molecular complexity index is 605. The molecule has 1 unspecified atom stereocenters. The van der Waals surface area contributed by atoms with E-state index >= 15 is 0 Å². The van der Waals surface area contributed by atoms with Gasteiger partial charge in [0.1, 0.15) is 11.3 Å². The number of nitrogens with one attached hydrogen (secondary N) is 2. The summed E-state index contributed by atoms with van der Waals surface area (Å²) in [5.41, 5.74) is -0.193. The Morgan fingerprint density at radius 3 is 2.90 bits per heavy atom. The van der Waals surface area contributed by atoms with Crippen molar-refractivity contribution in [3.8, 4) is 0 Å². The summed E-state index contributed by atoms with van der Waals surface area (Å²) in [6.45, 7) is 1.72. The van der Waals surface area contributed by atoms with Gasteiger partial charge in [-0.1, -0.05) is 0 Å². The predicted molar refractivity (Wildman–Crippen MR) is 76.8 cm³/mol. The molecule has 2 aromatic heterocycles. The lowest BCUT2D eigenvalue weighted by Crippen LogP contribution is -2.38. The standard InChI is InChI=1S/C12H17N5O2S/c1-12(19,8-4-15-17(3)5-8)7-14-10(18)9-6-20-11(13-2)16-9/h4-6,19H,7H2,1-3H3,(H,13,16)(H,14,18). The van der Waals surface area contributed by atoms with Gasteiger partial charge in [-0.2, -0.15) is 5.10 Å². The zero-order chi connectivity index (χ0) is 14.8. The van der Waals surface area contributed by atoms with Crippen molar-refractivity contribution in [3.05, 3.63) is 29.0 Å². The Labute approximate surface area is 120 Å². The lowest BCUT2D eigenvalue weighted by atomic mass is 10.00. The highest BCUT2D eigenvalue weighted by atomic mass is 32.1. The summed E-state index contributed by atoms with van der Waals surface area (Å²) in [6, 6.07) is 0. The number of nitrogens with zero attached hydrogens (tertiary/aromatic N) is 3. The summed E-state index contributed by atoms with van der Waals surface area (Å²) >= 11 is 1.35. The Balaban J connectivity index is 1.98. The molecular formula is C12H17N5O2S. The number of amides is 1. The first kappa shape index (κ1) is 14.5. The van der Waals surface area contributed by atoms with E-state index in [4.69, 9.17) is 0 Å². The van der Waals surface area contributed by atoms with Crippen LogP contribution >= 0.6 is 11.3 Å². The van der Waals surface area contributed by atoms with Gasteiger partial charge in [-0.15, -0.1) is 11.3 Å². The Morgan fingerprint density at radius 1 is 1.60 bits per heavy atom. The van der Waals surface area contributed by atoms with E-state index in [9.17, 15) is 9.90 Å². The number of thiazole rings is 1. The second kappa shape index (κ2) is 5.59. The van der Waals surface area contributed by atoms with Gasteiger partial charge in [0.25, 0.3) is 5.91 Å². The zero-order valence-corrected chi connectivity index (χ0v) is 12.4. The van der Waals surface area contributed by atoms with E-state index in [2.05, 4.69) is 20.7 Å². The molecule has 2 aromatic rings. The molecule has 0 saturated heterocycles. The van der Waals surface area contributed by atoms with Crippen LogP contribution in [0.15, 0.2) is 17.8 Å². The van der Waals surface area contributed by atoms with Crippen molar-refractivity contribution >= 4 is 22.4 Å². The molecule has 1 amide bonds. The average molecular weight is 295 g/mol. The number of aromatic nitrogens is 3. The van der Waals surface area contributed by atoms with Gasteiger partial charge in [0.05, 0.1) is 12.7 Å². The molecule has 3 N–H and O–H groups in total. The summed E-state index contributed by atoms with van der Waals surface area (Å²) < 4.78 is 1.60. The summed E-state index contributed by atoms with van der Waals surface area (Å²) in [5, 5.41) is 22.2. The molecular weight excluding hydrogens is 278 g/mol. The third-order valence-corrected chi connectivity index (χ3v) is 3.73. The van der Waals surface area contributed by atoms with Crippen LogP contribution in [-0.4, -0.2) is 39.4 Å². The highest BCUT2D eigenvalue weighted by Gasteiger charge is 2.26. The second-order valence-corrected chi connectivity index (χ2v) is 5.51. The number of aliphatic hydroxyl groups is 1. The maximum absolute atomic E-state index is 11.9. The molecule has 20 heavy (non-hydrogen) atoms. The number of hydrogen-bond acceptors (Lipinski definition) is 6. The first-order valence-electron chi connectivity index (χ1n) is 6.05. The van der Waals surface area contributed by atoms with Crippen molar-refractivity contribution in [1.29, 1.82) is 0 Å². The number of anilines is 1. The number of aryl methyl sites for hydroxylation is 1. The number of carbonyl (C=O) groups excluding carboxylic acids is 1. The average Bonchev–Trinajstić information content (AvgIpc) is 3.04. The fraction of sp³-hybridized carbons (Fsp3) is 0.417. The van der Waals surface area contributed by atoms with Crippen molar-refractivity contribution in [3.63, 3.8) is 0 Å². The number of carbonyl (C=O) groups is 1.